The molecule has 21 heavy (non-hydrogen) atoms. The largest absolute Gasteiger partial charge is 0.354 e. The van der Waals surface area contributed by atoms with Crippen LogP contribution in [0.15, 0.2) is 24.3 Å². The molecule has 1 fully saturated rings. The van der Waals surface area contributed by atoms with Gasteiger partial charge in [0.05, 0.1) is 0 Å². The molecule has 1 saturated heterocycles. The normalized spacial score (nSPS) is 19.4. The molecule has 1 aromatic carbocycles. The number of rotatable bonds is 6. The van der Waals surface area contributed by atoms with E-state index in [4.69, 9.17) is 5.73 Å². The van der Waals surface area contributed by atoms with E-state index in [2.05, 4.69) is 10.2 Å². The van der Waals surface area contributed by atoms with E-state index in [1.807, 2.05) is 6.07 Å². The van der Waals surface area contributed by atoms with Crippen LogP contribution in [-0.2, 0) is 11.3 Å². The molecule has 5 heteroatoms. The van der Waals surface area contributed by atoms with Gasteiger partial charge in [0.2, 0.25) is 5.91 Å². The number of hydrogen-bond acceptors (Lipinski definition) is 3. The maximum absolute atomic E-state index is 13.3. The first-order chi connectivity index (χ1) is 10.2. The van der Waals surface area contributed by atoms with Crippen LogP contribution in [0.3, 0.4) is 0 Å². The summed E-state index contributed by atoms with van der Waals surface area (Å²) in [5.74, 6) is -0.189. The highest BCUT2D eigenvalue weighted by Crippen LogP contribution is 2.19. The maximum Gasteiger partial charge on any atom is 0.221 e. The molecule has 2 rings (SSSR count). The maximum atomic E-state index is 13.3. The second-order valence-corrected chi connectivity index (χ2v) is 5.59. The predicted molar refractivity (Wildman–Crippen MR) is 81.1 cm³/mol. The fourth-order valence-corrected chi connectivity index (χ4v) is 2.82. The van der Waals surface area contributed by atoms with Crippen LogP contribution >= 0.6 is 0 Å². The van der Waals surface area contributed by atoms with Crippen molar-refractivity contribution in [1.29, 1.82) is 0 Å². The van der Waals surface area contributed by atoms with Gasteiger partial charge in [-0.15, -0.1) is 0 Å². The number of carbonyl (C=O) groups excluding carboxylic acids is 1. The fourth-order valence-electron chi connectivity index (χ4n) is 2.82. The van der Waals surface area contributed by atoms with Crippen LogP contribution in [0, 0.1) is 5.82 Å². The summed E-state index contributed by atoms with van der Waals surface area (Å²) in [6, 6.07) is 7.06. The molecule has 4 nitrogen and oxygen atoms in total. The van der Waals surface area contributed by atoms with Crippen molar-refractivity contribution in [1.82, 2.24) is 10.2 Å². The summed E-state index contributed by atoms with van der Waals surface area (Å²) in [5, 5.41) is 2.95. The summed E-state index contributed by atoms with van der Waals surface area (Å²) in [6.07, 6.45) is 3.77. The number of nitrogens with two attached hydrogens (primary N) is 1. The van der Waals surface area contributed by atoms with Gasteiger partial charge in [-0.25, -0.2) is 4.39 Å². The summed E-state index contributed by atoms with van der Waals surface area (Å²) >= 11 is 0. The van der Waals surface area contributed by atoms with Crippen molar-refractivity contribution < 1.29 is 9.18 Å². The second-order valence-electron chi connectivity index (χ2n) is 5.59. The molecule has 0 radical (unpaired) electrons. The Hall–Kier alpha value is -1.46. The van der Waals surface area contributed by atoms with E-state index in [0.717, 1.165) is 31.5 Å². The molecule has 116 valence electrons. The standard InChI is InChI=1S/C16H24FN3O/c17-14-5-3-4-13(10-14)12-20-9-2-1-6-15(20)11-19-16(21)7-8-18/h3-5,10,15H,1-2,6-9,11-12,18H2,(H,19,21). The lowest BCUT2D eigenvalue weighted by atomic mass is 10.0. The number of nitrogens with zero attached hydrogens (tertiary/aromatic N) is 1. The first-order valence-electron chi connectivity index (χ1n) is 7.64. The molecular weight excluding hydrogens is 269 g/mol. The van der Waals surface area contributed by atoms with Gasteiger partial charge in [0.1, 0.15) is 5.82 Å². The molecule has 0 aliphatic carbocycles. The third-order valence-corrected chi connectivity index (χ3v) is 3.93. The van der Waals surface area contributed by atoms with Gasteiger partial charge in [0.25, 0.3) is 0 Å². The summed E-state index contributed by atoms with van der Waals surface area (Å²) in [5.41, 5.74) is 6.36. The van der Waals surface area contributed by atoms with E-state index >= 15 is 0 Å². The average molecular weight is 293 g/mol. The molecule has 0 spiro atoms. The average Bonchev–Trinajstić information content (AvgIpc) is 2.47. The highest BCUT2D eigenvalue weighted by Gasteiger charge is 2.22. The van der Waals surface area contributed by atoms with Gasteiger partial charge in [-0.2, -0.15) is 0 Å². The van der Waals surface area contributed by atoms with Gasteiger partial charge in [-0.1, -0.05) is 18.6 Å². The molecule has 3 N–H and O–H groups in total. The third kappa shape index (κ3) is 5.10. The molecule has 1 aliphatic heterocycles. The van der Waals surface area contributed by atoms with Gasteiger partial charge < -0.3 is 11.1 Å². The summed E-state index contributed by atoms with van der Waals surface area (Å²) in [7, 11) is 0. The van der Waals surface area contributed by atoms with Crippen molar-refractivity contribution in [3.63, 3.8) is 0 Å². The monoisotopic (exact) mass is 293 g/mol. The smallest absolute Gasteiger partial charge is 0.221 e. The van der Waals surface area contributed by atoms with E-state index < -0.39 is 0 Å². The van der Waals surface area contributed by atoms with Crippen LogP contribution in [0.4, 0.5) is 4.39 Å². The Morgan fingerprint density at radius 2 is 2.29 bits per heavy atom. The highest BCUT2D eigenvalue weighted by molar-refractivity contribution is 5.76. The van der Waals surface area contributed by atoms with E-state index in [0.29, 0.717) is 25.6 Å². The minimum absolute atomic E-state index is 0.00813. The number of halogens is 1. The Bertz CT molecular complexity index is 467. The van der Waals surface area contributed by atoms with Crippen molar-refractivity contribution in [2.75, 3.05) is 19.6 Å². The number of benzene rings is 1. The van der Waals surface area contributed by atoms with Crippen LogP contribution in [-0.4, -0.2) is 36.5 Å². The molecular formula is C16H24FN3O. The lowest BCUT2D eigenvalue weighted by Crippen LogP contribution is -2.46. The minimum atomic E-state index is -0.197. The zero-order valence-corrected chi connectivity index (χ0v) is 12.4. The second kappa shape index (κ2) is 8.10. The molecule has 0 saturated carbocycles. The lowest BCUT2D eigenvalue weighted by Gasteiger charge is -2.36. The van der Waals surface area contributed by atoms with Crippen molar-refractivity contribution in [2.45, 2.75) is 38.3 Å². The minimum Gasteiger partial charge on any atom is -0.354 e. The van der Waals surface area contributed by atoms with Gasteiger partial charge in [-0.3, -0.25) is 9.69 Å². The lowest BCUT2D eigenvalue weighted by molar-refractivity contribution is -0.121. The number of carbonyl (C=O) groups is 1. The molecule has 1 unspecified atom stereocenters. The van der Waals surface area contributed by atoms with Crippen molar-refractivity contribution in [2.24, 2.45) is 5.73 Å². The van der Waals surface area contributed by atoms with Crippen LogP contribution in [0.1, 0.15) is 31.2 Å². The Kier molecular flexibility index (Phi) is 6.14. The van der Waals surface area contributed by atoms with E-state index in [1.54, 1.807) is 12.1 Å². The molecule has 1 aromatic rings. The first-order valence-corrected chi connectivity index (χ1v) is 7.64. The van der Waals surface area contributed by atoms with Crippen molar-refractivity contribution in [3.8, 4) is 0 Å². The molecule has 0 aromatic heterocycles. The first kappa shape index (κ1) is 15.9. The summed E-state index contributed by atoms with van der Waals surface area (Å²) in [4.78, 5) is 13.9. The van der Waals surface area contributed by atoms with Gasteiger partial charge in [0.15, 0.2) is 0 Å². The molecule has 1 atom stereocenters. The number of amides is 1. The summed E-state index contributed by atoms with van der Waals surface area (Å²) < 4.78 is 13.3. The van der Waals surface area contributed by atoms with Crippen molar-refractivity contribution >= 4 is 5.91 Å². The van der Waals surface area contributed by atoms with E-state index in [-0.39, 0.29) is 11.7 Å². The van der Waals surface area contributed by atoms with E-state index in [1.165, 1.54) is 12.5 Å². The Labute approximate surface area is 125 Å². The van der Waals surface area contributed by atoms with Gasteiger partial charge in [0, 0.05) is 32.1 Å². The quantitative estimate of drug-likeness (QED) is 0.838. The van der Waals surface area contributed by atoms with Crippen molar-refractivity contribution in [3.05, 3.63) is 35.6 Å². The number of piperidine rings is 1. The Morgan fingerprint density at radius 1 is 1.43 bits per heavy atom. The number of hydrogen-bond donors (Lipinski definition) is 2. The molecule has 1 heterocycles. The van der Waals surface area contributed by atoms with Crippen LogP contribution in [0.25, 0.3) is 0 Å². The van der Waals surface area contributed by atoms with Crippen LogP contribution < -0.4 is 11.1 Å². The highest BCUT2D eigenvalue weighted by atomic mass is 19.1. The van der Waals surface area contributed by atoms with Crippen LogP contribution in [0.5, 0.6) is 0 Å². The zero-order valence-electron chi connectivity index (χ0n) is 12.4. The number of likely N-dealkylation sites (tertiary alicyclic amines) is 1. The SMILES string of the molecule is NCCC(=O)NCC1CCCCN1Cc1cccc(F)c1. The zero-order chi connectivity index (χ0) is 15.1. The Morgan fingerprint density at radius 3 is 3.05 bits per heavy atom. The molecule has 1 aliphatic rings. The van der Waals surface area contributed by atoms with Gasteiger partial charge in [-0.05, 0) is 37.1 Å². The van der Waals surface area contributed by atoms with E-state index in [9.17, 15) is 9.18 Å². The van der Waals surface area contributed by atoms with Gasteiger partial charge >= 0.3 is 0 Å². The molecule has 0 bridgehead atoms. The topological polar surface area (TPSA) is 58.4 Å². The third-order valence-electron chi connectivity index (χ3n) is 3.93. The molecule has 1 amide bonds. The predicted octanol–water partition coefficient (Wildman–Crippen LogP) is 1.65. The van der Waals surface area contributed by atoms with Crippen LogP contribution in [0.2, 0.25) is 0 Å². The summed E-state index contributed by atoms with van der Waals surface area (Å²) in [6.45, 7) is 2.75. The number of nitrogens with one attached hydrogen (secondary N) is 1. The Balaban J connectivity index is 1.90. The fraction of sp³-hybridized carbons (Fsp3) is 0.562.